The first kappa shape index (κ1) is 15.4. The Labute approximate surface area is 126 Å². The Hall–Kier alpha value is -1.96. The first-order valence-electron chi connectivity index (χ1n) is 6.71. The summed E-state index contributed by atoms with van der Waals surface area (Å²) in [7, 11) is 0. The molecular formula is C13H18N4O3S. The Balaban J connectivity index is 1.86. The minimum Gasteiger partial charge on any atom is -0.339 e. The molecule has 1 fully saturated rings. The molecule has 1 aliphatic rings. The third kappa shape index (κ3) is 4.25. The van der Waals surface area contributed by atoms with Crippen molar-refractivity contribution in [2.24, 2.45) is 0 Å². The van der Waals surface area contributed by atoms with E-state index < -0.39 is 0 Å². The van der Waals surface area contributed by atoms with Crippen molar-refractivity contribution in [1.29, 1.82) is 0 Å². The topological polar surface area (TPSA) is 82.6 Å². The van der Waals surface area contributed by atoms with Crippen LogP contribution in [0.1, 0.15) is 19.5 Å². The van der Waals surface area contributed by atoms with Crippen LogP contribution in [0.25, 0.3) is 0 Å². The third-order valence-electron chi connectivity index (χ3n) is 3.24. The normalized spacial score (nSPS) is 15.0. The average molecular weight is 310 g/mol. The number of rotatable bonds is 3. The summed E-state index contributed by atoms with van der Waals surface area (Å²) in [6.45, 7) is 5.23. The number of anilines is 1. The molecule has 1 aromatic heterocycles. The Kier molecular flexibility index (Phi) is 4.89. The fourth-order valence-electron chi connectivity index (χ4n) is 2.13. The number of hydrogen-bond acceptors (Lipinski definition) is 5. The molecule has 114 valence electrons. The minimum atomic E-state index is -0.178. The number of nitrogens with one attached hydrogen (secondary N) is 1. The molecule has 1 saturated heterocycles. The van der Waals surface area contributed by atoms with Crippen molar-refractivity contribution in [1.82, 2.24) is 14.8 Å². The van der Waals surface area contributed by atoms with Crippen molar-refractivity contribution >= 4 is 34.2 Å². The van der Waals surface area contributed by atoms with Gasteiger partial charge in [-0.25, -0.2) is 4.98 Å². The van der Waals surface area contributed by atoms with Crippen molar-refractivity contribution < 1.29 is 14.4 Å². The molecule has 3 amide bonds. The molecule has 0 radical (unpaired) electrons. The summed E-state index contributed by atoms with van der Waals surface area (Å²) in [6.07, 6.45) is 0.218. The van der Waals surface area contributed by atoms with E-state index in [-0.39, 0.29) is 24.1 Å². The molecule has 1 N–H and O–H groups in total. The van der Waals surface area contributed by atoms with Gasteiger partial charge in [0, 0.05) is 45.4 Å². The first-order chi connectivity index (χ1) is 9.95. The fraction of sp³-hybridized carbons (Fsp3) is 0.538. The first-order valence-corrected chi connectivity index (χ1v) is 7.59. The number of hydrogen-bond donors (Lipinski definition) is 1. The highest BCUT2D eigenvalue weighted by Gasteiger charge is 2.22. The molecule has 1 aliphatic heterocycles. The van der Waals surface area contributed by atoms with Gasteiger partial charge in [0.1, 0.15) is 0 Å². The lowest BCUT2D eigenvalue weighted by molar-refractivity contribution is -0.138. The van der Waals surface area contributed by atoms with Gasteiger partial charge in [-0.3, -0.25) is 14.4 Å². The number of carbonyl (C=O) groups excluding carboxylic acids is 3. The van der Waals surface area contributed by atoms with Crippen LogP contribution in [-0.2, 0) is 20.8 Å². The van der Waals surface area contributed by atoms with E-state index in [0.29, 0.717) is 37.0 Å². The molecule has 0 aliphatic carbocycles. The number of carbonyl (C=O) groups is 3. The van der Waals surface area contributed by atoms with Gasteiger partial charge in [-0.15, -0.1) is 11.3 Å². The Morgan fingerprint density at radius 2 is 1.81 bits per heavy atom. The smallest absolute Gasteiger partial charge is 0.228 e. The molecule has 21 heavy (non-hydrogen) atoms. The van der Waals surface area contributed by atoms with Crippen LogP contribution in [0.5, 0.6) is 0 Å². The molecule has 0 spiro atoms. The van der Waals surface area contributed by atoms with Gasteiger partial charge in [-0.1, -0.05) is 0 Å². The second-order valence-electron chi connectivity index (χ2n) is 4.89. The van der Waals surface area contributed by atoms with Crippen molar-refractivity contribution in [3.63, 3.8) is 0 Å². The molecule has 0 bridgehead atoms. The molecular weight excluding hydrogens is 292 g/mol. The Bertz CT molecular complexity index is 549. The summed E-state index contributed by atoms with van der Waals surface area (Å²) in [5, 5.41) is 4.87. The summed E-state index contributed by atoms with van der Waals surface area (Å²) in [6, 6.07) is 0. The van der Waals surface area contributed by atoms with Crippen LogP contribution in [0.4, 0.5) is 5.13 Å². The molecule has 0 atom stereocenters. The molecule has 0 aromatic carbocycles. The summed E-state index contributed by atoms with van der Waals surface area (Å²) >= 11 is 1.30. The van der Waals surface area contributed by atoms with Crippen LogP contribution in [0.15, 0.2) is 5.38 Å². The van der Waals surface area contributed by atoms with E-state index >= 15 is 0 Å². The van der Waals surface area contributed by atoms with Crippen molar-refractivity contribution in [2.45, 2.75) is 20.3 Å². The van der Waals surface area contributed by atoms with E-state index in [1.165, 1.54) is 25.2 Å². The van der Waals surface area contributed by atoms with E-state index in [0.717, 1.165) is 0 Å². The Morgan fingerprint density at radius 3 is 2.38 bits per heavy atom. The number of amides is 3. The largest absolute Gasteiger partial charge is 0.339 e. The summed E-state index contributed by atoms with van der Waals surface area (Å²) < 4.78 is 0. The van der Waals surface area contributed by atoms with Crippen LogP contribution in [-0.4, -0.2) is 58.7 Å². The molecule has 0 unspecified atom stereocenters. The molecule has 2 rings (SSSR count). The maximum Gasteiger partial charge on any atom is 0.228 e. The highest BCUT2D eigenvalue weighted by molar-refractivity contribution is 7.13. The van der Waals surface area contributed by atoms with Gasteiger partial charge in [0.25, 0.3) is 0 Å². The third-order valence-corrected chi connectivity index (χ3v) is 4.05. The highest BCUT2D eigenvalue weighted by Crippen LogP contribution is 2.16. The predicted molar refractivity (Wildman–Crippen MR) is 79.0 cm³/mol. The highest BCUT2D eigenvalue weighted by atomic mass is 32.1. The number of thiazole rings is 1. The molecule has 1 aromatic rings. The van der Waals surface area contributed by atoms with Gasteiger partial charge < -0.3 is 15.1 Å². The second kappa shape index (κ2) is 6.66. The fourth-order valence-corrected chi connectivity index (χ4v) is 2.89. The van der Waals surface area contributed by atoms with Gasteiger partial charge in [0.15, 0.2) is 5.13 Å². The predicted octanol–water partition coefficient (Wildman–Crippen LogP) is 0.335. The molecule has 7 nitrogen and oxygen atoms in total. The molecule has 8 heteroatoms. The Morgan fingerprint density at radius 1 is 1.19 bits per heavy atom. The summed E-state index contributed by atoms with van der Waals surface area (Å²) in [4.78, 5) is 42.0. The zero-order valence-corrected chi connectivity index (χ0v) is 12.9. The van der Waals surface area contributed by atoms with E-state index in [4.69, 9.17) is 0 Å². The number of nitrogens with zero attached hydrogens (tertiary/aromatic N) is 3. The van der Waals surface area contributed by atoms with Gasteiger partial charge in [0.05, 0.1) is 12.1 Å². The quantitative estimate of drug-likeness (QED) is 0.872. The van der Waals surface area contributed by atoms with Crippen LogP contribution >= 0.6 is 11.3 Å². The van der Waals surface area contributed by atoms with Gasteiger partial charge in [0.2, 0.25) is 17.7 Å². The average Bonchev–Trinajstić information content (AvgIpc) is 2.85. The summed E-state index contributed by atoms with van der Waals surface area (Å²) in [5.74, 6) is -0.137. The van der Waals surface area contributed by atoms with Gasteiger partial charge >= 0.3 is 0 Å². The lowest BCUT2D eigenvalue weighted by atomic mass is 10.2. The number of piperazine rings is 1. The van der Waals surface area contributed by atoms with Crippen LogP contribution in [0.2, 0.25) is 0 Å². The SMILES string of the molecule is CC(=O)Nc1nc(CC(=O)N2CCN(C(C)=O)CC2)cs1. The lowest BCUT2D eigenvalue weighted by Gasteiger charge is -2.34. The van der Waals surface area contributed by atoms with Crippen molar-refractivity contribution in [3.05, 3.63) is 11.1 Å². The van der Waals surface area contributed by atoms with Crippen LogP contribution < -0.4 is 5.32 Å². The maximum atomic E-state index is 12.2. The van der Waals surface area contributed by atoms with E-state index in [1.54, 1.807) is 15.2 Å². The van der Waals surface area contributed by atoms with E-state index in [9.17, 15) is 14.4 Å². The maximum absolute atomic E-state index is 12.2. The zero-order chi connectivity index (χ0) is 15.4. The van der Waals surface area contributed by atoms with Gasteiger partial charge in [-0.05, 0) is 0 Å². The van der Waals surface area contributed by atoms with Crippen molar-refractivity contribution in [3.8, 4) is 0 Å². The minimum absolute atomic E-state index is 0.00197. The number of aromatic nitrogens is 1. The monoisotopic (exact) mass is 310 g/mol. The van der Waals surface area contributed by atoms with Crippen LogP contribution in [0, 0.1) is 0 Å². The van der Waals surface area contributed by atoms with Crippen molar-refractivity contribution in [2.75, 3.05) is 31.5 Å². The van der Waals surface area contributed by atoms with E-state index in [2.05, 4.69) is 10.3 Å². The van der Waals surface area contributed by atoms with Crippen LogP contribution in [0.3, 0.4) is 0 Å². The lowest BCUT2D eigenvalue weighted by Crippen LogP contribution is -2.50. The summed E-state index contributed by atoms with van der Waals surface area (Å²) in [5.41, 5.74) is 0.655. The van der Waals surface area contributed by atoms with Gasteiger partial charge in [-0.2, -0.15) is 0 Å². The molecule has 2 heterocycles. The second-order valence-corrected chi connectivity index (χ2v) is 5.75. The standard InChI is InChI=1S/C13H18N4O3S/c1-9(18)14-13-15-11(8-21-13)7-12(20)17-5-3-16(4-6-17)10(2)19/h8H,3-7H2,1-2H3,(H,14,15,18). The zero-order valence-electron chi connectivity index (χ0n) is 12.1. The molecule has 0 saturated carbocycles. The van der Waals surface area contributed by atoms with E-state index in [1.807, 2.05) is 0 Å².